The molecule has 0 rings (SSSR count). The Kier molecular flexibility index (Phi) is 48.1. The first-order valence-corrected chi connectivity index (χ1v) is 26.5. The predicted octanol–water partition coefficient (Wildman–Crippen LogP) is 15.7. The number of esters is 1. The molecule has 0 aliphatic carbocycles. The number of aliphatic hydroxyl groups is 2. The second-order valence-electron chi connectivity index (χ2n) is 18.2. The fraction of sp³-hybridized carbons (Fsp3) is 0.925. The van der Waals surface area contributed by atoms with Crippen molar-refractivity contribution in [3.05, 3.63) is 12.2 Å². The lowest BCUT2D eigenvalue weighted by Crippen LogP contribution is -2.45. The van der Waals surface area contributed by atoms with Crippen molar-refractivity contribution in [2.45, 2.75) is 302 Å². The van der Waals surface area contributed by atoms with Crippen molar-refractivity contribution in [3.63, 3.8) is 0 Å². The third kappa shape index (κ3) is 45.9. The number of hydrogen-bond acceptors (Lipinski definition) is 5. The minimum atomic E-state index is -0.848. The van der Waals surface area contributed by atoms with E-state index in [4.69, 9.17) is 4.74 Å². The maximum Gasteiger partial charge on any atom is 0.305 e. The molecule has 59 heavy (non-hydrogen) atoms. The summed E-state index contributed by atoms with van der Waals surface area (Å²) in [7, 11) is 0. The molecule has 0 heterocycles. The molecule has 0 aromatic heterocycles. The molecule has 6 nitrogen and oxygen atoms in total. The number of rotatable bonds is 49. The highest BCUT2D eigenvalue weighted by Gasteiger charge is 2.18. The largest absolute Gasteiger partial charge is 0.466 e. The van der Waals surface area contributed by atoms with Gasteiger partial charge < -0.3 is 20.3 Å². The normalized spacial score (nSPS) is 12.7. The van der Waals surface area contributed by atoms with E-state index < -0.39 is 12.1 Å². The van der Waals surface area contributed by atoms with Crippen LogP contribution in [0.2, 0.25) is 0 Å². The van der Waals surface area contributed by atoms with Gasteiger partial charge in [-0.05, 0) is 32.1 Å². The number of aliphatic hydroxyl groups excluding tert-OH is 2. The van der Waals surface area contributed by atoms with Crippen LogP contribution in [-0.4, -0.2) is 47.4 Å². The first-order chi connectivity index (χ1) is 29.0. The van der Waals surface area contributed by atoms with E-state index in [0.717, 1.165) is 44.9 Å². The number of carbonyl (C=O) groups is 2. The van der Waals surface area contributed by atoms with Gasteiger partial charge in [0.05, 0.1) is 25.4 Å². The Bertz CT molecular complexity index is 878. The van der Waals surface area contributed by atoms with Gasteiger partial charge in [-0.2, -0.15) is 0 Å². The highest BCUT2D eigenvalue weighted by atomic mass is 16.5. The molecule has 2 atom stereocenters. The molecule has 0 bridgehead atoms. The van der Waals surface area contributed by atoms with Crippen LogP contribution in [0.4, 0.5) is 0 Å². The van der Waals surface area contributed by atoms with Gasteiger partial charge in [0.1, 0.15) is 0 Å². The minimum Gasteiger partial charge on any atom is -0.466 e. The number of unbranched alkanes of at least 4 members (excludes halogenated alkanes) is 38. The van der Waals surface area contributed by atoms with Gasteiger partial charge in [-0.25, -0.2) is 0 Å². The van der Waals surface area contributed by atoms with Gasteiger partial charge in [-0.1, -0.05) is 257 Å². The minimum absolute atomic E-state index is 0.00119. The zero-order valence-electron chi connectivity index (χ0n) is 39.7. The molecule has 0 radical (unpaired) electrons. The van der Waals surface area contributed by atoms with E-state index in [1.54, 1.807) is 6.08 Å². The summed E-state index contributed by atoms with van der Waals surface area (Å²) >= 11 is 0. The average Bonchev–Trinajstić information content (AvgIpc) is 3.24. The first-order valence-electron chi connectivity index (χ1n) is 26.5. The quantitative estimate of drug-likeness (QED) is 0.0322. The van der Waals surface area contributed by atoms with Crippen molar-refractivity contribution >= 4 is 11.9 Å². The van der Waals surface area contributed by atoms with E-state index in [1.165, 1.54) is 218 Å². The van der Waals surface area contributed by atoms with Crippen molar-refractivity contribution in [1.82, 2.24) is 5.32 Å². The number of ether oxygens (including phenoxy) is 1. The lowest BCUT2D eigenvalue weighted by molar-refractivity contribution is -0.143. The molecule has 0 fully saturated rings. The van der Waals surface area contributed by atoms with E-state index in [9.17, 15) is 19.8 Å². The molecule has 6 heteroatoms. The van der Waals surface area contributed by atoms with Gasteiger partial charge in [0, 0.05) is 12.8 Å². The molecule has 0 saturated heterocycles. The smallest absolute Gasteiger partial charge is 0.305 e. The Balaban J connectivity index is 3.45. The lowest BCUT2D eigenvalue weighted by atomic mass is 10.0. The van der Waals surface area contributed by atoms with Crippen LogP contribution in [0.1, 0.15) is 290 Å². The van der Waals surface area contributed by atoms with Gasteiger partial charge in [0.15, 0.2) is 0 Å². The van der Waals surface area contributed by atoms with Crippen molar-refractivity contribution in [1.29, 1.82) is 0 Å². The monoisotopic (exact) mass is 834 g/mol. The van der Waals surface area contributed by atoms with Gasteiger partial charge in [0.25, 0.3) is 0 Å². The SMILES string of the molecule is CCCCCCCCCCCCCC/C=C/C(O)C(CO)NC(=O)CCCCCCCCCCCCCCCCCOC(=O)CCCCCCCCCCCCCCC. The van der Waals surface area contributed by atoms with E-state index in [2.05, 4.69) is 19.2 Å². The molecule has 1 amide bonds. The highest BCUT2D eigenvalue weighted by molar-refractivity contribution is 5.76. The molecular formula is C53H103NO5. The zero-order chi connectivity index (χ0) is 43.0. The van der Waals surface area contributed by atoms with E-state index in [-0.39, 0.29) is 18.5 Å². The lowest BCUT2D eigenvalue weighted by Gasteiger charge is -2.20. The summed E-state index contributed by atoms with van der Waals surface area (Å²) < 4.78 is 5.46. The third-order valence-electron chi connectivity index (χ3n) is 12.3. The Morgan fingerprint density at radius 2 is 0.780 bits per heavy atom. The summed E-state index contributed by atoms with van der Waals surface area (Å²) in [5, 5.41) is 23.0. The predicted molar refractivity (Wildman–Crippen MR) is 255 cm³/mol. The van der Waals surface area contributed by atoms with Crippen LogP contribution in [0.25, 0.3) is 0 Å². The summed E-state index contributed by atoms with van der Waals surface area (Å²) in [4.78, 5) is 24.4. The maximum absolute atomic E-state index is 12.4. The second kappa shape index (κ2) is 49.3. The van der Waals surface area contributed by atoms with Crippen molar-refractivity contribution < 1.29 is 24.5 Å². The molecule has 3 N–H and O–H groups in total. The molecule has 0 aromatic rings. The van der Waals surface area contributed by atoms with Crippen LogP contribution in [-0.2, 0) is 14.3 Å². The van der Waals surface area contributed by atoms with Gasteiger partial charge in [-0.3, -0.25) is 9.59 Å². The summed E-state index contributed by atoms with van der Waals surface area (Å²) in [6.45, 7) is 4.89. The van der Waals surface area contributed by atoms with Crippen LogP contribution < -0.4 is 5.32 Å². The van der Waals surface area contributed by atoms with Crippen molar-refractivity contribution in [2.24, 2.45) is 0 Å². The van der Waals surface area contributed by atoms with Crippen LogP contribution >= 0.6 is 0 Å². The molecule has 0 aliphatic heterocycles. The summed E-state index contributed by atoms with van der Waals surface area (Å²) in [5.74, 6) is -0.0742. The van der Waals surface area contributed by atoms with Crippen LogP contribution in [0, 0.1) is 0 Å². The van der Waals surface area contributed by atoms with Crippen LogP contribution in [0.3, 0.4) is 0 Å². The van der Waals surface area contributed by atoms with Crippen molar-refractivity contribution in [3.8, 4) is 0 Å². The molecule has 350 valence electrons. The number of nitrogens with one attached hydrogen (secondary N) is 1. The van der Waals surface area contributed by atoms with Crippen molar-refractivity contribution in [2.75, 3.05) is 13.2 Å². The fourth-order valence-electron chi connectivity index (χ4n) is 8.22. The van der Waals surface area contributed by atoms with Gasteiger partial charge in [-0.15, -0.1) is 0 Å². The zero-order valence-corrected chi connectivity index (χ0v) is 39.7. The van der Waals surface area contributed by atoms with Gasteiger partial charge in [0.2, 0.25) is 5.91 Å². The summed E-state index contributed by atoms with van der Waals surface area (Å²) in [6.07, 6.45) is 56.4. The fourth-order valence-corrected chi connectivity index (χ4v) is 8.22. The maximum atomic E-state index is 12.4. The second-order valence-corrected chi connectivity index (χ2v) is 18.2. The van der Waals surface area contributed by atoms with Crippen LogP contribution in [0.5, 0.6) is 0 Å². The standard InChI is InChI=1S/C53H103NO5/c1-3-5-7-9-11-13-15-17-22-25-29-33-37-41-45-51(56)50(49-55)54-52(57)46-42-38-34-30-26-23-19-18-20-24-28-32-36-40-44-48-59-53(58)47-43-39-35-31-27-21-16-14-12-10-8-6-4-2/h41,45,50-51,55-56H,3-40,42-44,46-49H2,1-2H3,(H,54,57)/b45-41+. The molecule has 2 unspecified atom stereocenters. The van der Waals surface area contributed by atoms with E-state index in [1.807, 2.05) is 6.08 Å². The highest BCUT2D eigenvalue weighted by Crippen LogP contribution is 2.16. The van der Waals surface area contributed by atoms with Gasteiger partial charge >= 0.3 is 5.97 Å². The summed E-state index contributed by atoms with van der Waals surface area (Å²) in [6, 6.07) is -0.632. The average molecular weight is 834 g/mol. The number of carbonyl (C=O) groups excluding carboxylic acids is 2. The topological polar surface area (TPSA) is 95.9 Å². The van der Waals surface area contributed by atoms with E-state index in [0.29, 0.717) is 19.4 Å². The summed E-state index contributed by atoms with van der Waals surface area (Å²) in [5.41, 5.74) is 0. The molecule has 0 spiro atoms. The Morgan fingerprint density at radius 1 is 0.458 bits per heavy atom. The Labute approximate surface area is 368 Å². The molecule has 0 aromatic carbocycles. The Hall–Kier alpha value is -1.40. The molecule has 0 saturated carbocycles. The third-order valence-corrected chi connectivity index (χ3v) is 12.3. The Morgan fingerprint density at radius 3 is 1.15 bits per heavy atom. The number of allylic oxidation sites excluding steroid dienone is 1. The molecular weight excluding hydrogens is 731 g/mol. The molecule has 0 aliphatic rings. The number of hydrogen-bond donors (Lipinski definition) is 3. The van der Waals surface area contributed by atoms with E-state index >= 15 is 0 Å². The first kappa shape index (κ1) is 57.6. The number of amides is 1. The van der Waals surface area contributed by atoms with Crippen LogP contribution in [0.15, 0.2) is 12.2 Å².